The monoisotopic (exact) mass is 243 g/mol. The van der Waals surface area contributed by atoms with Crippen molar-refractivity contribution < 1.29 is 9.90 Å². The van der Waals surface area contributed by atoms with Crippen LogP contribution in [0.25, 0.3) is 0 Å². The molecule has 0 aromatic heterocycles. The van der Waals surface area contributed by atoms with Gasteiger partial charge in [0.25, 0.3) is 0 Å². The summed E-state index contributed by atoms with van der Waals surface area (Å²) in [6, 6.07) is -0.316. The minimum Gasteiger partial charge on any atom is -0.480 e. The van der Waals surface area contributed by atoms with E-state index < -0.39 is 5.97 Å². The molecule has 0 aliphatic rings. The van der Waals surface area contributed by atoms with Crippen LogP contribution in [0.3, 0.4) is 0 Å². The second-order valence-electron chi connectivity index (χ2n) is 5.73. The van der Waals surface area contributed by atoms with Gasteiger partial charge in [-0.1, -0.05) is 41.0 Å². The van der Waals surface area contributed by atoms with Crippen LogP contribution in [0.2, 0.25) is 0 Å². The lowest BCUT2D eigenvalue weighted by molar-refractivity contribution is -0.144. The van der Waals surface area contributed by atoms with E-state index in [1.54, 1.807) is 0 Å². The molecule has 0 radical (unpaired) electrons. The van der Waals surface area contributed by atoms with Crippen LogP contribution in [-0.4, -0.2) is 35.1 Å². The number of unbranched alkanes of at least 4 members (excludes halogenated alkanes) is 1. The molecule has 0 fully saturated rings. The van der Waals surface area contributed by atoms with Gasteiger partial charge in [-0.15, -0.1) is 0 Å². The lowest BCUT2D eigenvalue weighted by atomic mass is 10.0. The molecule has 0 amide bonds. The Morgan fingerprint density at radius 3 is 2.12 bits per heavy atom. The minimum atomic E-state index is -0.671. The van der Waals surface area contributed by atoms with Crippen molar-refractivity contribution in [2.24, 2.45) is 11.8 Å². The highest BCUT2D eigenvalue weighted by atomic mass is 16.4. The molecule has 1 atom stereocenters. The molecule has 0 saturated heterocycles. The Hall–Kier alpha value is -0.570. The van der Waals surface area contributed by atoms with Crippen LogP contribution in [0.15, 0.2) is 0 Å². The molecule has 3 heteroatoms. The zero-order valence-electron chi connectivity index (χ0n) is 12.1. The molecule has 3 nitrogen and oxygen atoms in total. The Bertz CT molecular complexity index is 214. The molecule has 1 unspecified atom stereocenters. The summed E-state index contributed by atoms with van der Waals surface area (Å²) in [4.78, 5) is 13.5. The van der Waals surface area contributed by atoms with Crippen LogP contribution in [0.5, 0.6) is 0 Å². The average molecular weight is 243 g/mol. The molecular formula is C14H29NO2. The molecule has 0 rings (SSSR count). The summed E-state index contributed by atoms with van der Waals surface area (Å²) >= 11 is 0. The molecular weight excluding hydrogens is 214 g/mol. The summed E-state index contributed by atoms with van der Waals surface area (Å²) in [5.41, 5.74) is 0. The van der Waals surface area contributed by atoms with E-state index in [1.165, 1.54) is 0 Å². The van der Waals surface area contributed by atoms with Crippen molar-refractivity contribution in [1.82, 2.24) is 4.90 Å². The smallest absolute Gasteiger partial charge is 0.320 e. The van der Waals surface area contributed by atoms with Crippen molar-refractivity contribution in [3.05, 3.63) is 0 Å². The fourth-order valence-corrected chi connectivity index (χ4v) is 2.06. The first-order valence-electron chi connectivity index (χ1n) is 6.85. The first kappa shape index (κ1) is 16.4. The Labute approximate surface area is 106 Å². The first-order valence-corrected chi connectivity index (χ1v) is 6.85. The van der Waals surface area contributed by atoms with E-state index in [9.17, 15) is 9.90 Å². The Morgan fingerprint density at radius 2 is 1.76 bits per heavy atom. The number of rotatable bonds is 9. The molecule has 0 spiro atoms. The molecule has 1 N–H and O–H groups in total. The van der Waals surface area contributed by atoms with Gasteiger partial charge in [0.15, 0.2) is 0 Å². The van der Waals surface area contributed by atoms with Gasteiger partial charge in [-0.2, -0.15) is 0 Å². The number of hydrogen-bond acceptors (Lipinski definition) is 2. The van der Waals surface area contributed by atoms with E-state index in [0.717, 1.165) is 32.4 Å². The molecule has 0 saturated carbocycles. The normalized spacial score (nSPS) is 13.6. The van der Waals surface area contributed by atoms with E-state index in [2.05, 4.69) is 39.5 Å². The maximum atomic E-state index is 11.4. The maximum Gasteiger partial charge on any atom is 0.320 e. The summed E-state index contributed by atoms with van der Waals surface area (Å²) in [7, 11) is 0. The van der Waals surface area contributed by atoms with Crippen molar-refractivity contribution in [3.8, 4) is 0 Å². The number of carboxylic acid groups (broad SMARTS) is 1. The van der Waals surface area contributed by atoms with Gasteiger partial charge in [0.05, 0.1) is 0 Å². The molecule has 0 aromatic carbocycles. The first-order chi connectivity index (χ1) is 7.88. The molecule has 0 bridgehead atoms. The summed E-state index contributed by atoms with van der Waals surface area (Å²) < 4.78 is 0. The van der Waals surface area contributed by atoms with Gasteiger partial charge < -0.3 is 5.11 Å². The third-order valence-electron chi connectivity index (χ3n) is 2.82. The van der Waals surface area contributed by atoms with Crippen LogP contribution in [0, 0.1) is 11.8 Å². The molecule has 0 aromatic rings. The maximum absolute atomic E-state index is 11.4. The fourth-order valence-electron chi connectivity index (χ4n) is 2.06. The number of carbonyl (C=O) groups is 1. The Morgan fingerprint density at radius 1 is 1.18 bits per heavy atom. The van der Waals surface area contributed by atoms with Crippen molar-refractivity contribution in [1.29, 1.82) is 0 Å². The molecule has 0 heterocycles. The van der Waals surface area contributed by atoms with Gasteiger partial charge in [-0.05, 0) is 31.2 Å². The van der Waals surface area contributed by atoms with Crippen LogP contribution < -0.4 is 0 Å². The van der Waals surface area contributed by atoms with E-state index in [4.69, 9.17) is 0 Å². The highest BCUT2D eigenvalue weighted by molar-refractivity contribution is 5.73. The van der Waals surface area contributed by atoms with Crippen LogP contribution in [0.1, 0.15) is 53.9 Å². The molecule has 102 valence electrons. The zero-order valence-corrected chi connectivity index (χ0v) is 12.1. The number of nitrogens with zero attached hydrogens (tertiary/aromatic N) is 1. The van der Waals surface area contributed by atoms with E-state index >= 15 is 0 Å². The summed E-state index contributed by atoms with van der Waals surface area (Å²) in [6.45, 7) is 12.4. The zero-order chi connectivity index (χ0) is 13.4. The van der Waals surface area contributed by atoms with Gasteiger partial charge in [-0.3, -0.25) is 9.69 Å². The predicted molar refractivity (Wildman–Crippen MR) is 72.2 cm³/mol. The van der Waals surface area contributed by atoms with E-state index in [-0.39, 0.29) is 6.04 Å². The number of aliphatic carboxylic acids is 1. The summed E-state index contributed by atoms with van der Waals surface area (Å²) in [5.74, 6) is 0.267. The summed E-state index contributed by atoms with van der Waals surface area (Å²) in [6.07, 6.45) is 2.93. The molecule has 0 aliphatic carbocycles. The Kier molecular flexibility index (Phi) is 8.23. The van der Waals surface area contributed by atoms with Crippen LogP contribution in [-0.2, 0) is 4.79 Å². The quantitative estimate of drug-likeness (QED) is 0.676. The van der Waals surface area contributed by atoms with Crippen molar-refractivity contribution in [2.45, 2.75) is 59.9 Å². The van der Waals surface area contributed by atoms with Crippen molar-refractivity contribution in [3.63, 3.8) is 0 Å². The SMILES string of the molecule is CCCCN(CC(C)C)C(CC(C)C)C(=O)O. The van der Waals surface area contributed by atoms with Crippen molar-refractivity contribution >= 4 is 5.97 Å². The highest BCUT2D eigenvalue weighted by Gasteiger charge is 2.26. The van der Waals surface area contributed by atoms with Crippen LogP contribution >= 0.6 is 0 Å². The third kappa shape index (κ3) is 7.37. The second-order valence-corrected chi connectivity index (χ2v) is 5.73. The second kappa shape index (κ2) is 8.51. The number of carboxylic acids is 1. The lowest BCUT2D eigenvalue weighted by Gasteiger charge is -2.31. The van der Waals surface area contributed by atoms with Gasteiger partial charge in [0, 0.05) is 6.54 Å². The fraction of sp³-hybridized carbons (Fsp3) is 0.929. The van der Waals surface area contributed by atoms with Gasteiger partial charge in [0.1, 0.15) is 6.04 Å². The largest absolute Gasteiger partial charge is 0.480 e. The number of hydrogen-bond donors (Lipinski definition) is 1. The third-order valence-corrected chi connectivity index (χ3v) is 2.82. The van der Waals surface area contributed by atoms with Gasteiger partial charge in [-0.25, -0.2) is 0 Å². The van der Waals surface area contributed by atoms with Crippen LogP contribution in [0.4, 0.5) is 0 Å². The predicted octanol–water partition coefficient (Wildman–Crippen LogP) is 3.24. The van der Waals surface area contributed by atoms with Gasteiger partial charge >= 0.3 is 5.97 Å². The topological polar surface area (TPSA) is 40.5 Å². The van der Waals surface area contributed by atoms with E-state index in [0.29, 0.717) is 11.8 Å². The minimum absolute atomic E-state index is 0.316. The van der Waals surface area contributed by atoms with E-state index in [1.807, 2.05) is 0 Å². The standard InChI is InChI=1S/C14H29NO2/c1-6-7-8-15(10-12(4)5)13(14(16)17)9-11(2)3/h11-13H,6-10H2,1-5H3,(H,16,17). The lowest BCUT2D eigenvalue weighted by Crippen LogP contribution is -2.44. The molecule has 0 aliphatic heterocycles. The van der Waals surface area contributed by atoms with Gasteiger partial charge in [0.2, 0.25) is 0 Å². The average Bonchev–Trinajstić information content (AvgIpc) is 2.19. The van der Waals surface area contributed by atoms with Crippen molar-refractivity contribution in [2.75, 3.05) is 13.1 Å². The highest BCUT2D eigenvalue weighted by Crippen LogP contribution is 2.15. The Balaban J connectivity index is 4.60. The summed E-state index contributed by atoms with van der Waals surface area (Å²) in [5, 5.41) is 9.36. The molecule has 17 heavy (non-hydrogen) atoms.